The van der Waals surface area contributed by atoms with Crippen molar-refractivity contribution in [3.63, 3.8) is 0 Å². The maximum Gasteiger partial charge on any atom is 0.321 e. The van der Waals surface area contributed by atoms with E-state index in [-0.39, 0.29) is 25.0 Å². The van der Waals surface area contributed by atoms with Crippen molar-refractivity contribution in [3.05, 3.63) is 68.4 Å². The lowest BCUT2D eigenvalue weighted by Crippen LogP contribution is -2.46. The fraction of sp³-hybridized carbons (Fsp3) is 0.263. The Labute approximate surface area is 164 Å². The number of furan rings is 1. The molecule has 3 aromatic heterocycles. The highest BCUT2D eigenvalue weighted by atomic mass is 32.1. The second kappa shape index (κ2) is 8.08. The van der Waals surface area contributed by atoms with Crippen molar-refractivity contribution in [1.82, 2.24) is 15.5 Å². The van der Waals surface area contributed by atoms with E-state index < -0.39 is 6.03 Å². The lowest BCUT2D eigenvalue weighted by molar-refractivity contribution is -0.121. The molecule has 0 spiro atoms. The van der Waals surface area contributed by atoms with Gasteiger partial charge in [0.1, 0.15) is 5.76 Å². The Bertz CT molecular complexity index is 903. The van der Waals surface area contributed by atoms with Gasteiger partial charge in [0.15, 0.2) is 0 Å². The molecule has 0 aliphatic carbocycles. The molecule has 0 radical (unpaired) electrons. The number of imide groups is 1. The summed E-state index contributed by atoms with van der Waals surface area (Å²) in [6.45, 7) is 1.20. The van der Waals surface area contributed by atoms with Gasteiger partial charge < -0.3 is 9.73 Å². The Kier molecular flexibility index (Phi) is 5.38. The van der Waals surface area contributed by atoms with E-state index in [2.05, 4.69) is 38.4 Å². The molecule has 3 amide bonds. The third kappa shape index (κ3) is 4.13. The average Bonchev–Trinajstić information content (AvgIpc) is 3.40. The van der Waals surface area contributed by atoms with Crippen LogP contribution in [-0.2, 0) is 17.8 Å². The summed E-state index contributed by atoms with van der Waals surface area (Å²) in [7, 11) is 0. The molecule has 1 aliphatic heterocycles. The fourth-order valence-corrected chi connectivity index (χ4v) is 5.07. The summed E-state index contributed by atoms with van der Waals surface area (Å²) in [6, 6.07) is 9.34. The number of carbonyl (C=O) groups excluding carboxylic acids is 2. The molecular formula is C19H19N3O3S2. The zero-order valence-corrected chi connectivity index (χ0v) is 16.1. The number of nitrogens with one attached hydrogen (secondary N) is 2. The molecule has 0 aromatic carbocycles. The van der Waals surface area contributed by atoms with Crippen LogP contribution in [0.5, 0.6) is 0 Å². The summed E-state index contributed by atoms with van der Waals surface area (Å²) < 4.78 is 5.16. The van der Waals surface area contributed by atoms with Gasteiger partial charge in [0, 0.05) is 16.3 Å². The topological polar surface area (TPSA) is 74.6 Å². The molecule has 3 aromatic rings. The number of thiophene rings is 2. The van der Waals surface area contributed by atoms with E-state index in [1.165, 1.54) is 15.3 Å². The minimum atomic E-state index is -0.516. The van der Waals surface area contributed by atoms with Gasteiger partial charge in [0.05, 0.1) is 25.4 Å². The van der Waals surface area contributed by atoms with E-state index in [1.54, 1.807) is 41.1 Å². The minimum absolute atomic E-state index is 0.0666. The first-order valence-electron chi connectivity index (χ1n) is 8.64. The Morgan fingerprint density at radius 2 is 2.11 bits per heavy atom. The maximum absolute atomic E-state index is 12.4. The minimum Gasteiger partial charge on any atom is -0.467 e. The van der Waals surface area contributed by atoms with Crippen LogP contribution < -0.4 is 10.6 Å². The van der Waals surface area contributed by atoms with Crippen molar-refractivity contribution in [1.29, 1.82) is 0 Å². The van der Waals surface area contributed by atoms with Crippen molar-refractivity contribution in [3.8, 4) is 0 Å². The molecule has 4 heterocycles. The summed E-state index contributed by atoms with van der Waals surface area (Å²) in [4.78, 5) is 29.1. The van der Waals surface area contributed by atoms with Crippen LogP contribution in [-0.4, -0.2) is 29.9 Å². The number of urea groups is 1. The fourth-order valence-electron chi connectivity index (χ4n) is 3.29. The molecule has 1 unspecified atom stereocenters. The number of nitrogens with zero attached hydrogens (tertiary/aromatic N) is 1. The largest absolute Gasteiger partial charge is 0.467 e. The Hall–Kier alpha value is -2.42. The van der Waals surface area contributed by atoms with Gasteiger partial charge in [0.25, 0.3) is 0 Å². The molecule has 0 saturated carbocycles. The van der Waals surface area contributed by atoms with Gasteiger partial charge in [-0.25, -0.2) is 4.79 Å². The van der Waals surface area contributed by atoms with Gasteiger partial charge in [-0.15, -0.1) is 22.7 Å². The van der Waals surface area contributed by atoms with Crippen molar-refractivity contribution in [2.75, 3.05) is 13.1 Å². The quantitative estimate of drug-likeness (QED) is 0.687. The summed E-state index contributed by atoms with van der Waals surface area (Å²) >= 11 is 3.46. The number of rotatable bonds is 5. The Balaban J connectivity index is 1.39. The molecule has 2 N–H and O–H groups in total. The Morgan fingerprint density at radius 3 is 2.89 bits per heavy atom. The zero-order valence-electron chi connectivity index (χ0n) is 14.5. The van der Waals surface area contributed by atoms with Gasteiger partial charge in [0.2, 0.25) is 5.91 Å². The highest BCUT2D eigenvalue weighted by Crippen LogP contribution is 2.39. The van der Waals surface area contributed by atoms with Crippen LogP contribution in [0.3, 0.4) is 0 Å². The van der Waals surface area contributed by atoms with Crippen LogP contribution in [0.25, 0.3) is 0 Å². The van der Waals surface area contributed by atoms with Crippen molar-refractivity contribution in [2.45, 2.75) is 19.0 Å². The number of hydrogen-bond donors (Lipinski definition) is 2. The highest BCUT2D eigenvalue weighted by molar-refractivity contribution is 7.10. The van der Waals surface area contributed by atoms with Gasteiger partial charge in [-0.3, -0.25) is 15.0 Å². The molecule has 1 atom stereocenters. The number of amides is 3. The Morgan fingerprint density at radius 1 is 1.19 bits per heavy atom. The van der Waals surface area contributed by atoms with Crippen LogP contribution in [0.15, 0.2) is 51.8 Å². The zero-order chi connectivity index (χ0) is 18.6. The van der Waals surface area contributed by atoms with Crippen LogP contribution in [0, 0.1) is 0 Å². The predicted molar refractivity (Wildman–Crippen MR) is 105 cm³/mol. The van der Waals surface area contributed by atoms with Gasteiger partial charge in [-0.05, 0) is 47.0 Å². The molecule has 27 heavy (non-hydrogen) atoms. The number of hydrogen-bond acceptors (Lipinski definition) is 6. The van der Waals surface area contributed by atoms with Crippen LogP contribution >= 0.6 is 22.7 Å². The van der Waals surface area contributed by atoms with Crippen molar-refractivity contribution < 1.29 is 14.0 Å². The van der Waals surface area contributed by atoms with E-state index in [1.807, 2.05) is 6.07 Å². The first kappa shape index (κ1) is 18.0. The molecular weight excluding hydrogens is 382 g/mol. The first-order valence-corrected chi connectivity index (χ1v) is 10.4. The van der Waals surface area contributed by atoms with Gasteiger partial charge >= 0.3 is 6.03 Å². The summed E-state index contributed by atoms with van der Waals surface area (Å²) in [6.07, 6.45) is 2.46. The monoisotopic (exact) mass is 401 g/mol. The first-order chi connectivity index (χ1) is 13.2. The smallest absolute Gasteiger partial charge is 0.321 e. The molecule has 0 saturated heterocycles. The van der Waals surface area contributed by atoms with Gasteiger partial charge in [-0.1, -0.05) is 6.07 Å². The van der Waals surface area contributed by atoms with E-state index in [4.69, 9.17) is 4.42 Å². The number of fused-ring (bicyclic) bond motifs is 1. The van der Waals surface area contributed by atoms with Crippen molar-refractivity contribution >= 4 is 34.6 Å². The normalized spacial score (nSPS) is 16.7. The second-order valence-corrected chi connectivity index (χ2v) is 8.23. The molecule has 6 nitrogen and oxygen atoms in total. The lowest BCUT2D eigenvalue weighted by atomic mass is 9.98. The molecule has 140 valence electrons. The molecule has 0 fully saturated rings. The standard InChI is InChI=1S/C19H19N3O3S2/c23-17(21-19(24)20-11-13-3-1-8-25-13)12-22-7-5-15-14(6-10-27-15)18(22)16-4-2-9-26-16/h1-4,6,8-10,18H,5,7,11-12H2,(H2,20,21,23,24). The van der Waals surface area contributed by atoms with E-state index in [9.17, 15) is 9.59 Å². The second-order valence-electron chi connectivity index (χ2n) is 6.25. The van der Waals surface area contributed by atoms with Crippen LogP contribution in [0.2, 0.25) is 0 Å². The maximum atomic E-state index is 12.4. The number of carbonyl (C=O) groups is 2. The van der Waals surface area contributed by atoms with E-state index >= 15 is 0 Å². The van der Waals surface area contributed by atoms with Crippen molar-refractivity contribution in [2.24, 2.45) is 0 Å². The molecule has 1 aliphatic rings. The van der Waals surface area contributed by atoms with Crippen LogP contribution in [0.1, 0.15) is 27.1 Å². The van der Waals surface area contributed by atoms with E-state index in [0.717, 1.165) is 13.0 Å². The summed E-state index contributed by atoms with van der Waals surface area (Å²) in [5.74, 6) is 0.323. The highest BCUT2D eigenvalue weighted by Gasteiger charge is 2.31. The molecule has 8 heteroatoms. The molecule has 0 bridgehead atoms. The van der Waals surface area contributed by atoms with E-state index in [0.29, 0.717) is 5.76 Å². The van der Waals surface area contributed by atoms with Gasteiger partial charge in [-0.2, -0.15) is 0 Å². The third-order valence-corrected chi connectivity index (χ3v) is 6.40. The average molecular weight is 402 g/mol. The lowest BCUT2D eigenvalue weighted by Gasteiger charge is -2.34. The third-order valence-electron chi connectivity index (χ3n) is 4.48. The van der Waals surface area contributed by atoms with Crippen LogP contribution in [0.4, 0.5) is 4.79 Å². The SMILES string of the molecule is O=C(CN1CCc2sccc2C1c1cccs1)NC(=O)NCc1ccco1. The predicted octanol–water partition coefficient (Wildman–Crippen LogP) is 3.38. The summed E-state index contributed by atoms with van der Waals surface area (Å²) in [5.41, 5.74) is 1.27. The summed E-state index contributed by atoms with van der Waals surface area (Å²) in [5, 5.41) is 9.19. The molecule has 4 rings (SSSR count).